The summed E-state index contributed by atoms with van der Waals surface area (Å²) in [5.74, 6) is 0.897. The third kappa shape index (κ3) is 18.0. The summed E-state index contributed by atoms with van der Waals surface area (Å²) in [7, 11) is 0. The van der Waals surface area contributed by atoms with E-state index in [-0.39, 0.29) is 0 Å². The van der Waals surface area contributed by atoms with Gasteiger partial charge in [0.15, 0.2) is 0 Å². The minimum Gasteiger partial charge on any atom is -0.0628 e. The molecule has 0 saturated carbocycles. The topological polar surface area (TPSA) is 0 Å². The minimum absolute atomic E-state index is 0.897. The van der Waals surface area contributed by atoms with Crippen molar-refractivity contribution in [2.75, 3.05) is 0 Å². The predicted octanol–water partition coefficient (Wildman–Crippen LogP) is 7.72. The van der Waals surface area contributed by atoms with E-state index in [9.17, 15) is 0 Å². The molecular weight excluding hydrogens is 240 g/mol. The third-order valence-corrected chi connectivity index (χ3v) is 4.28. The van der Waals surface area contributed by atoms with E-state index >= 15 is 0 Å². The van der Waals surface area contributed by atoms with Crippen molar-refractivity contribution in [1.82, 2.24) is 0 Å². The SMILES string of the molecule is [CH2]CCCCCCCCCCCCCCCCC(C)C. The fourth-order valence-electron chi connectivity index (χ4n) is 2.85. The summed E-state index contributed by atoms with van der Waals surface area (Å²) >= 11 is 0. The van der Waals surface area contributed by atoms with Crippen LogP contribution in [0, 0.1) is 12.8 Å². The van der Waals surface area contributed by atoms with E-state index in [1.807, 2.05) is 0 Å². The van der Waals surface area contributed by atoms with Crippen molar-refractivity contribution < 1.29 is 0 Å². The molecule has 0 aromatic carbocycles. The first kappa shape index (κ1) is 20.0. The molecule has 0 heteroatoms. The van der Waals surface area contributed by atoms with Gasteiger partial charge in [0.2, 0.25) is 0 Å². The summed E-state index contributed by atoms with van der Waals surface area (Å²) in [6, 6.07) is 0. The molecule has 0 aliphatic heterocycles. The van der Waals surface area contributed by atoms with Gasteiger partial charge >= 0.3 is 0 Å². The van der Waals surface area contributed by atoms with Crippen LogP contribution in [0.2, 0.25) is 0 Å². The van der Waals surface area contributed by atoms with Gasteiger partial charge in [-0.25, -0.2) is 0 Å². The summed E-state index contributed by atoms with van der Waals surface area (Å²) in [6.07, 6.45) is 22.9. The maximum Gasteiger partial charge on any atom is -0.0471 e. The van der Waals surface area contributed by atoms with Crippen molar-refractivity contribution in [2.45, 2.75) is 117 Å². The lowest BCUT2D eigenvalue weighted by atomic mass is 10.0. The first-order valence-electron chi connectivity index (χ1n) is 9.56. The van der Waals surface area contributed by atoms with Crippen molar-refractivity contribution in [3.05, 3.63) is 6.92 Å². The number of hydrogen-bond acceptors (Lipinski definition) is 0. The summed E-state index contributed by atoms with van der Waals surface area (Å²) in [5, 5.41) is 0. The normalized spacial score (nSPS) is 11.4. The Kier molecular flexibility index (Phi) is 17.1. The molecule has 0 aromatic rings. The average molecular weight is 282 g/mol. The molecule has 0 heterocycles. The Morgan fingerprint density at radius 3 is 1.10 bits per heavy atom. The standard InChI is InChI=1S/C20H41/c1-4-5-6-7-8-9-10-11-12-13-14-15-16-17-18-19-20(2)3/h20H,1,4-19H2,2-3H3. The van der Waals surface area contributed by atoms with Gasteiger partial charge in [-0.1, -0.05) is 124 Å². The first-order chi connectivity index (χ1) is 9.77. The van der Waals surface area contributed by atoms with Crippen molar-refractivity contribution >= 4 is 0 Å². The van der Waals surface area contributed by atoms with Gasteiger partial charge in [-0.2, -0.15) is 0 Å². The molecule has 0 unspecified atom stereocenters. The van der Waals surface area contributed by atoms with Crippen LogP contribution >= 0.6 is 0 Å². The van der Waals surface area contributed by atoms with Crippen LogP contribution in [0.1, 0.15) is 117 Å². The van der Waals surface area contributed by atoms with Crippen LogP contribution in [0.5, 0.6) is 0 Å². The highest BCUT2D eigenvalue weighted by Gasteiger charge is 1.95. The second kappa shape index (κ2) is 17.1. The molecule has 121 valence electrons. The zero-order valence-electron chi connectivity index (χ0n) is 14.6. The van der Waals surface area contributed by atoms with Crippen molar-refractivity contribution in [3.63, 3.8) is 0 Å². The lowest BCUT2D eigenvalue weighted by Gasteiger charge is -2.05. The Labute approximate surface area is 130 Å². The van der Waals surface area contributed by atoms with Gasteiger partial charge in [0.25, 0.3) is 0 Å². The molecule has 0 aliphatic carbocycles. The summed E-state index contributed by atoms with van der Waals surface area (Å²) < 4.78 is 0. The quantitative estimate of drug-likeness (QED) is 0.254. The molecule has 0 amide bonds. The highest BCUT2D eigenvalue weighted by Crippen LogP contribution is 2.14. The molecule has 0 N–H and O–H groups in total. The van der Waals surface area contributed by atoms with Gasteiger partial charge in [-0.15, -0.1) is 0 Å². The maximum absolute atomic E-state index is 3.89. The zero-order valence-corrected chi connectivity index (χ0v) is 14.6. The van der Waals surface area contributed by atoms with Crippen LogP contribution < -0.4 is 0 Å². The Morgan fingerprint density at radius 2 is 0.800 bits per heavy atom. The van der Waals surface area contributed by atoms with Gasteiger partial charge in [-0.3, -0.25) is 0 Å². The largest absolute Gasteiger partial charge is 0.0628 e. The van der Waals surface area contributed by atoms with Crippen LogP contribution in [0.15, 0.2) is 0 Å². The molecule has 0 spiro atoms. The highest BCUT2D eigenvalue weighted by atomic mass is 14.0. The zero-order chi connectivity index (χ0) is 14.9. The Morgan fingerprint density at radius 1 is 0.500 bits per heavy atom. The Bertz CT molecular complexity index is 159. The molecular formula is C20H41. The fourth-order valence-corrected chi connectivity index (χ4v) is 2.85. The van der Waals surface area contributed by atoms with Crippen LogP contribution in [-0.4, -0.2) is 0 Å². The average Bonchev–Trinajstić information content (AvgIpc) is 2.43. The molecule has 0 fully saturated rings. The molecule has 0 bridgehead atoms. The fraction of sp³-hybridized carbons (Fsp3) is 0.950. The second-order valence-electron chi connectivity index (χ2n) is 6.99. The number of unbranched alkanes of at least 4 members (excludes halogenated alkanes) is 14. The Balaban J connectivity index is 2.92. The van der Waals surface area contributed by atoms with Crippen molar-refractivity contribution in [1.29, 1.82) is 0 Å². The minimum atomic E-state index is 0.897. The lowest BCUT2D eigenvalue weighted by Crippen LogP contribution is -1.87. The molecule has 0 atom stereocenters. The van der Waals surface area contributed by atoms with Gasteiger partial charge in [0.1, 0.15) is 0 Å². The van der Waals surface area contributed by atoms with Crippen LogP contribution in [0.4, 0.5) is 0 Å². The molecule has 0 nitrogen and oxygen atoms in total. The third-order valence-electron chi connectivity index (χ3n) is 4.28. The molecule has 0 aromatic heterocycles. The van der Waals surface area contributed by atoms with E-state index in [4.69, 9.17) is 0 Å². The van der Waals surface area contributed by atoms with E-state index in [0.717, 1.165) is 12.3 Å². The van der Waals surface area contributed by atoms with E-state index in [2.05, 4.69) is 20.8 Å². The highest BCUT2D eigenvalue weighted by molar-refractivity contribution is 4.51. The van der Waals surface area contributed by atoms with Gasteiger partial charge in [0.05, 0.1) is 0 Å². The molecule has 0 saturated heterocycles. The number of rotatable bonds is 16. The van der Waals surface area contributed by atoms with Gasteiger partial charge < -0.3 is 0 Å². The summed E-state index contributed by atoms with van der Waals surface area (Å²) in [4.78, 5) is 0. The Hall–Kier alpha value is 0. The molecule has 20 heavy (non-hydrogen) atoms. The molecule has 1 radical (unpaired) electrons. The van der Waals surface area contributed by atoms with Gasteiger partial charge in [0, 0.05) is 0 Å². The lowest BCUT2D eigenvalue weighted by molar-refractivity contribution is 0.502. The maximum atomic E-state index is 3.89. The first-order valence-corrected chi connectivity index (χ1v) is 9.56. The van der Waals surface area contributed by atoms with E-state index in [1.165, 1.54) is 96.3 Å². The monoisotopic (exact) mass is 281 g/mol. The molecule has 0 aliphatic rings. The van der Waals surface area contributed by atoms with Crippen LogP contribution in [0.3, 0.4) is 0 Å². The van der Waals surface area contributed by atoms with Crippen LogP contribution in [-0.2, 0) is 0 Å². The van der Waals surface area contributed by atoms with Crippen molar-refractivity contribution in [2.24, 2.45) is 5.92 Å². The van der Waals surface area contributed by atoms with Crippen molar-refractivity contribution in [3.8, 4) is 0 Å². The summed E-state index contributed by atoms with van der Waals surface area (Å²) in [5.41, 5.74) is 0. The van der Waals surface area contributed by atoms with E-state index in [0.29, 0.717) is 0 Å². The van der Waals surface area contributed by atoms with E-state index in [1.54, 1.807) is 0 Å². The summed E-state index contributed by atoms with van der Waals surface area (Å²) in [6.45, 7) is 8.56. The van der Waals surface area contributed by atoms with E-state index < -0.39 is 0 Å². The number of hydrogen-bond donors (Lipinski definition) is 0. The predicted molar refractivity (Wildman–Crippen MR) is 94.1 cm³/mol. The van der Waals surface area contributed by atoms with Crippen LogP contribution in [0.25, 0.3) is 0 Å². The van der Waals surface area contributed by atoms with Gasteiger partial charge in [-0.05, 0) is 5.92 Å². The smallest absolute Gasteiger partial charge is 0.0471 e. The second-order valence-corrected chi connectivity index (χ2v) is 6.99. The molecule has 0 rings (SSSR count).